The first-order valence-electron chi connectivity index (χ1n) is 10.5. The van der Waals surface area contributed by atoms with E-state index >= 15 is 0 Å². The summed E-state index contributed by atoms with van der Waals surface area (Å²) in [6.07, 6.45) is 0. The quantitative estimate of drug-likeness (QED) is 0.377. The lowest BCUT2D eigenvalue weighted by Gasteiger charge is -2.07. The van der Waals surface area contributed by atoms with Crippen molar-refractivity contribution in [3.05, 3.63) is 120 Å². The molecule has 0 atom stereocenters. The molecule has 0 aliphatic rings. The van der Waals surface area contributed by atoms with Gasteiger partial charge in [-0.15, -0.1) is 0 Å². The van der Waals surface area contributed by atoms with Gasteiger partial charge in [0.05, 0.1) is 0 Å². The van der Waals surface area contributed by atoms with Gasteiger partial charge in [-0.2, -0.15) is 0 Å². The maximum Gasteiger partial charge on any atom is 0.127 e. The maximum absolute atomic E-state index is 5.74. The highest BCUT2D eigenvalue weighted by atomic mass is 16.5. The molecule has 4 rings (SSSR count). The average molecular weight is 411 g/mol. The van der Waals surface area contributed by atoms with Crippen LogP contribution in [-0.2, 0) is 13.1 Å². The first kappa shape index (κ1) is 22.3. The van der Waals surface area contributed by atoms with Gasteiger partial charge >= 0.3 is 0 Å². The van der Waals surface area contributed by atoms with Gasteiger partial charge in [-0.3, -0.25) is 0 Å². The minimum Gasteiger partial charge on any atom is -0.457 e. The summed E-state index contributed by atoms with van der Waals surface area (Å²) < 4.78 is 5.74. The zero-order valence-corrected chi connectivity index (χ0v) is 18.2. The van der Waals surface area contributed by atoms with Crippen molar-refractivity contribution in [1.82, 2.24) is 10.6 Å². The third-order valence-electron chi connectivity index (χ3n) is 4.70. The molecule has 0 spiro atoms. The predicted molar refractivity (Wildman–Crippen MR) is 130 cm³/mol. The number of rotatable bonds is 7. The standard InChI is InChI=1S/C14H15NO.C14H15N/c1-15-11-12-6-5-9-14(10-12)16-13-7-3-2-4-8-13;1-15-11-12-7-9-14(10-8-12)13-5-3-2-4-6-13/h2-10,15H,11H2,1H3;2-10,15H,11H2,1H3. The van der Waals surface area contributed by atoms with Crippen LogP contribution in [0.5, 0.6) is 11.5 Å². The van der Waals surface area contributed by atoms with Crippen LogP contribution < -0.4 is 15.4 Å². The predicted octanol–water partition coefficient (Wildman–Crippen LogP) is 6.27. The van der Waals surface area contributed by atoms with Gasteiger partial charge in [0.2, 0.25) is 0 Å². The fourth-order valence-corrected chi connectivity index (χ4v) is 3.20. The van der Waals surface area contributed by atoms with Crippen LogP contribution in [0.2, 0.25) is 0 Å². The van der Waals surface area contributed by atoms with Crippen molar-refractivity contribution in [3.8, 4) is 22.6 Å². The Morgan fingerprint density at radius 1 is 0.516 bits per heavy atom. The van der Waals surface area contributed by atoms with E-state index in [4.69, 9.17) is 4.74 Å². The van der Waals surface area contributed by atoms with Gasteiger partial charge in [-0.1, -0.05) is 84.9 Å². The molecule has 0 fully saturated rings. The Kier molecular flexibility index (Phi) is 8.87. The maximum atomic E-state index is 5.74. The second kappa shape index (κ2) is 12.3. The minimum absolute atomic E-state index is 0.853. The molecule has 0 unspecified atom stereocenters. The average Bonchev–Trinajstić information content (AvgIpc) is 2.82. The summed E-state index contributed by atoms with van der Waals surface area (Å²) in [7, 11) is 3.90. The molecule has 0 aromatic heterocycles. The minimum atomic E-state index is 0.853. The van der Waals surface area contributed by atoms with Crippen LogP contribution in [0.15, 0.2) is 109 Å². The van der Waals surface area contributed by atoms with E-state index in [2.05, 4.69) is 65.2 Å². The molecule has 0 saturated heterocycles. The molecule has 0 saturated carbocycles. The fraction of sp³-hybridized carbons (Fsp3) is 0.143. The lowest BCUT2D eigenvalue weighted by atomic mass is 10.0. The number of hydrogen-bond donors (Lipinski definition) is 2. The number of benzene rings is 4. The Bertz CT molecular complexity index is 1020. The van der Waals surface area contributed by atoms with Crippen molar-refractivity contribution in [3.63, 3.8) is 0 Å². The van der Waals surface area contributed by atoms with Gasteiger partial charge in [0.1, 0.15) is 11.5 Å². The largest absolute Gasteiger partial charge is 0.457 e. The highest BCUT2D eigenvalue weighted by molar-refractivity contribution is 5.63. The summed E-state index contributed by atoms with van der Waals surface area (Å²) in [4.78, 5) is 0. The van der Waals surface area contributed by atoms with E-state index in [1.54, 1.807) is 0 Å². The van der Waals surface area contributed by atoms with Crippen molar-refractivity contribution in [2.45, 2.75) is 13.1 Å². The number of nitrogens with one attached hydrogen (secondary N) is 2. The van der Waals surface area contributed by atoms with Crippen LogP contribution in [0.4, 0.5) is 0 Å². The van der Waals surface area contributed by atoms with Gasteiger partial charge in [0, 0.05) is 13.1 Å². The first-order valence-corrected chi connectivity index (χ1v) is 10.5. The summed E-state index contributed by atoms with van der Waals surface area (Å²) in [5.41, 5.74) is 5.08. The molecule has 2 N–H and O–H groups in total. The Labute approximate surface area is 185 Å². The Hall–Kier alpha value is -3.40. The van der Waals surface area contributed by atoms with Gasteiger partial charge in [-0.25, -0.2) is 0 Å². The van der Waals surface area contributed by atoms with Crippen LogP contribution in [0.25, 0.3) is 11.1 Å². The number of para-hydroxylation sites is 1. The van der Waals surface area contributed by atoms with E-state index in [9.17, 15) is 0 Å². The van der Waals surface area contributed by atoms with Gasteiger partial charge < -0.3 is 15.4 Å². The molecule has 3 heteroatoms. The normalized spacial score (nSPS) is 10.1. The van der Waals surface area contributed by atoms with E-state index < -0.39 is 0 Å². The van der Waals surface area contributed by atoms with Gasteiger partial charge in [0.15, 0.2) is 0 Å². The molecule has 0 aliphatic heterocycles. The molecule has 4 aromatic carbocycles. The van der Waals surface area contributed by atoms with E-state index in [-0.39, 0.29) is 0 Å². The highest BCUT2D eigenvalue weighted by Gasteiger charge is 1.98. The second-order valence-electron chi connectivity index (χ2n) is 7.19. The SMILES string of the molecule is CNCc1ccc(-c2ccccc2)cc1.CNCc1cccc(Oc2ccccc2)c1. The lowest BCUT2D eigenvalue weighted by Crippen LogP contribution is -2.04. The van der Waals surface area contributed by atoms with Crippen LogP contribution in [-0.4, -0.2) is 14.1 Å². The smallest absolute Gasteiger partial charge is 0.127 e. The molecule has 0 aliphatic carbocycles. The summed E-state index contributed by atoms with van der Waals surface area (Å²) in [6.45, 7) is 1.78. The monoisotopic (exact) mass is 410 g/mol. The van der Waals surface area contributed by atoms with Gasteiger partial charge in [-0.05, 0) is 60.6 Å². The van der Waals surface area contributed by atoms with E-state index in [1.165, 1.54) is 22.3 Å². The molecule has 158 valence electrons. The molecule has 4 aromatic rings. The third kappa shape index (κ3) is 7.41. The topological polar surface area (TPSA) is 33.3 Å². The van der Waals surface area contributed by atoms with Crippen molar-refractivity contribution in [1.29, 1.82) is 0 Å². The molecule has 31 heavy (non-hydrogen) atoms. The van der Waals surface area contributed by atoms with Crippen LogP contribution in [0, 0.1) is 0 Å². The first-order chi connectivity index (χ1) is 15.3. The van der Waals surface area contributed by atoms with Crippen molar-refractivity contribution >= 4 is 0 Å². The summed E-state index contributed by atoms with van der Waals surface area (Å²) >= 11 is 0. The van der Waals surface area contributed by atoms with Crippen LogP contribution in [0.3, 0.4) is 0 Å². The third-order valence-corrected chi connectivity index (χ3v) is 4.70. The Morgan fingerprint density at radius 2 is 1.06 bits per heavy atom. The molecule has 0 heterocycles. The fourth-order valence-electron chi connectivity index (χ4n) is 3.20. The van der Waals surface area contributed by atoms with Crippen LogP contribution >= 0.6 is 0 Å². The molecular formula is C28H30N2O. The van der Waals surface area contributed by atoms with Crippen molar-refractivity contribution < 1.29 is 4.74 Å². The van der Waals surface area contributed by atoms with Crippen molar-refractivity contribution in [2.75, 3.05) is 14.1 Å². The highest BCUT2D eigenvalue weighted by Crippen LogP contribution is 2.21. The molecular weight excluding hydrogens is 380 g/mol. The Balaban J connectivity index is 0.000000176. The molecule has 0 amide bonds. The number of ether oxygens (including phenoxy) is 1. The van der Waals surface area contributed by atoms with E-state index in [0.29, 0.717) is 0 Å². The summed E-state index contributed by atoms with van der Waals surface area (Å²) in [5, 5.41) is 6.26. The zero-order chi connectivity index (χ0) is 21.7. The lowest BCUT2D eigenvalue weighted by molar-refractivity contribution is 0.482. The summed E-state index contributed by atoms with van der Waals surface area (Å²) in [6, 6.07) is 37.0. The van der Waals surface area contributed by atoms with Gasteiger partial charge in [0.25, 0.3) is 0 Å². The summed E-state index contributed by atoms with van der Waals surface area (Å²) in [5.74, 6) is 1.74. The van der Waals surface area contributed by atoms with E-state index in [0.717, 1.165) is 24.6 Å². The molecule has 0 bridgehead atoms. The van der Waals surface area contributed by atoms with Crippen LogP contribution in [0.1, 0.15) is 11.1 Å². The molecule has 0 radical (unpaired) electrons. The van der Waals surface area contributed by atoms with Crippen molar-refractivity contribution in [2.24, 2.45) is 0 Å². The molecule has 3 nitrogen and oxygen atoms in total. The van der Waals surface area contributed by atoms with E-state index in [1.807, 2.05) is 68.7 Å². The second-order valence-corrected chi connectivity index (χ2v) is 7.19. The zero-order valence-electron chi connectivity index (χ0n) is 18.2. The number of hydrogen-bond acceptors (Lipinski definition) is 3. The Morgan fingerprint density at radius 3 is 1.71 bits per heavy atom.